The van der Waals surface area contributed by atoms with Gasteiger partial charge in [-0.15, -0.1) is 0 Å². The van der Waals surface area contributed by atoms with Gasteiger partial charge in [0.15, 0.2) is 0 Å². The Bertz CT molecular complexity index is 701. The third-order valence-corrected chi connectivity index (χ3v) is 5.93. The zero-order chi connectivity index (χ0) is 19.0. The van der Waals surface area contributed by atoms with Crippen LogP contribution in [0, 0.1) is 17.8 Å². The highest BCUT2D eigenvalue weighted by Crippen LogP contribution is 2.49. The van der Waals surface area contributed by atoms with Crippen LogP contribution in [0.4, 0.5) is 0 Å². The van der Waals surface area contributed by atoms with Crippen LogP contribution in [-0.2, 0) is 19.1 Å². The smallest absolute Gasteiger partial charge is 0.336 e. The molecule has 0 aromatic heterocycles. The van der Waals surface area contributed by atoms with Gasteiger partial charge in [0, 0.05) is 18.3 Å². The normalized spacial score (nSPS) is 34.0. The molecule has 0 aromatic carbocycles. The van der Waals surface area contributed by atoms with E-state index in [-0.39, 0.29) is 42.0 Å². The Morgan fingerprint density at radius 3 is 2.77 bits per heavy atom. The number of hydrogen-bond donors (Lipinski definition) is 2. The van der Waals surface area contributed by atoms with Crippen molar-refractivity contribution >= 4 is 11.9 Å². The molecule has 0 bridgehead atoms. The molecule has 3 rings (SSSR count). The lowest BCUT2D eigenvalue weighted by molar-refractivity contribution is -0.149. The predicted octanol–water partition coefficient (Wildman–Crippen LogP) is 1.67. The summed E-state index contributed by atoms with van der Waals surface area (Å²) in [6, 6.07) is 0. The Balaban J connectivity index is 1.93. The van der Waals surface area contributed by atoms with Gasteiger partial charge in [-0.1, -0.05) is 29.7 Å². The number of rotatable bonds is 4. The molecule has 1 fully saturated rings. The largest absolute Gasteiger partial charge is 0.461 e. The van der Waals surface area contributed by atoms with Crippen LogP contribution in [0.5, 0.6) is 0 Å². The van der Waals surface area contributed by atoms with Gasteiger partial charge in [0.25, 0.3) is 0 Å². The van der Waals surface area contributed by atoms with Crippen molar-refractivity contribution in [3.63, 3.8) is 0 Å². The molecule has 1 aliphatic heterocycles. The van der Waals surface area contributed by atoms with E-state index in [0.717, 1.165) is 12.0 Å². The minimum absolute atomic E-state index is 0.0211. The number of carbonyl (C=O) groups excluding carboxylic acids is 2. The third-order valence-electron chi connectivity index (χ3n) is 5.93. The van der Waals surface area contributed by atoms with Crippen molar-refractivity contribution in [3.05, 3.63) is 34.4 Å². The second-order valence-electron chi connectivity index (χ2n) is 7.42. The number of aliphatic hydroxyl groups excluding tert-OH is 2. The lowest BCUT2D eigenvalue weighted by Crippen LogP contribution is -2.38. The number of ether oxygens (including phenoxy) is 2. The summed E-state index contributed by atoms with van der Waals surface area (Å²) in [5.41, 5.74) is 3.63. The van der Waals surface area contributed by atoms with Gasteiger partial charge < -0.3 is 19.7 Å². The molecular weight excluding hydrogens is 336 g/mol. The molecule has 0 saturated carbocycles. The maximum absolute atomic E-state index is 12.4. The summed E-state index contributed by atoms with van der Waals surface area (Å²) in [7, 11) is 0. The molecule has 5 atom stereocenters. The van der Waals surface area contributed by atoms with Gasteiger partial charge in [-0.3, -0.25) is 4.79 Å². The van der Waals surface area contributed by atoms with E-state index in [2.05, 4.69) is 13.0 Å². The van der Waals surface area contributed by atoms with Crippen LogP contribution in [0.3, 0.4) is 0 Å². The number of carbonyl (C=O) groups is 2. The predicted molar refractivity (Wildman–Crippen MR) is 93.8 cm³/mol. The average molecular weight is 362 g/mol. The number of fused-ring (bicyclic) bond motifs is 3. The Morgan fingerprint density at radius 2 is 2.12 bits per heavy atom. The monoisotopic (exact) mass is 362 g/mol. The van der Waals surface area contributed by atoms with Crippen molar-refractivity contribution in [2.75, 3.05) is 13.2 Å². The Kier molecular flexibility index (Phi) is 5.34. The van der Waals surface area contributed by atoms with Crippen molar-refractivity contribution in [1.82, 2.24) is 0 Å². The second-order valence-corrected chi connectivity index (χ2v) is 7.42. The van der Waals surface area contributed by atoms with Gasteiger partial charge in [-0.25, -0.2) is 4.79 Å². The van der Waals surface area contributed by atoms with Gasteiger partial charge >= 0.3 is 11.9 Å². The fraction of sp³-hybridized carbons (Fsp3) is 0.600. The van der Waals surface area contributed by atoms with Gasteiger partial charge in [-0.05, 0) is 26.3 Å². The lowest BCUT2D eigenvalue weighted by atomic mass is 9.79. The number of hydrogen-bond acceptors (Lipinski definition) is 6. The Morgan fingerprint density at radius 1 is 1.38 bits per heavy atom. The maximum Gasteiger partial charge on any atom is 0.336 e. The zero-order valence-electron chi connectivity index (χ0n) is 15.4. The third kappa shape index (κ3) is 3.12. The van der Waals surface area contributed by atoms with Crippen LogP contribution < -0.4 is 0 Å². The summed E-state index contributed by atoms with van der Waals surface area (Å²) in [5, 5.41) is 18.3. The molecule has 1 heterocycles. The molecule has 2 aliphatic carbocycles. The van der Waals surface area contributed by atoms with Crippen LogP contribution in [0.1, 0.15) is 33.6 Å². The molecular formula is C20H26O6. The Labute approximate surface area is 153 Å². The highest BCUT2D eigenvalue weighted by molar-refractivity contribution is 5.89. The van der Waals surface area contributed by atoms with Gasteiger partial charge in [-0.2, -0.15) is 0 Å². The standard InChI is InChI=1S/C20H26O6/c1-10-4-5-14-11(2)8-15(25-20(24)13(9-22)6-7-21)17-12(3)19(23)26-18(17)16(10)14/h4,6,12,15-18,21-22H,5,7-9H2,1-3H3/b13-6-/t12-,15-,16+,17-,18-/m1/s1. The van der Waals surface area contributed by atoms with E-state index in [1.165, 1.54) is 17.2 Å². The van der Waals surface area contributed by atoms with Crippen molar-refractivity contribution in [2.45, 2.75) is 45.8 Å². The highest BCUT2D eigenvalue weighted by Gasteiger charge is 2.54. The van der Waals surface area contributed by atoms with Crippen LogP contribution in [0.25, 0.3) is 0 Å². The molecule has 0 aromatic rings. The van der Waals surface area contributed by atoms with E-state index < -0.39 is 18.7 Å². The summed E-state index contributed by atoms with van der Waals surface area (Å²) < 4.78 is 11.4. The SMILES string of the molecule is CC1=CCC2=C(C)C[C@@H](OC(=O)/C(=C\CO)CO)[C@@H]3[C@H](OC(=O)[C@@H]3C)[C@@H]12. The van der Waals surface area contributed by atoms with Crippen LogP contribution in [0.15, 0.2) is 34.4 Å². The first-order valence-corrected chi connectivity index (χ1v) is 9.06. The zero-order valence-corrected chi connectivity index (χ0v) is 15.4. The van der Waals surface area contributed by atoms with Crippen LogP contribution in [0.2, 0.25) is 0 Å². The van der Waals surface area contributed by atoms with E-state index in [9.17, 15) is 14.7 Å². The van der Waals surface area contributed by atoms with Gasteiger partial charge in [0.2, 0.25) is 0 Å². The first kappa shape index (κ1) is 18.9. The summed E-state index contributed by atoms with van der Waals surface area (Å²) in [6.07, 6.45) is 3.96. The minimum atomic E-state index is -0.658. The fourth-order valence-corrected chi connectivity index (χ4v) is 4.51. The highest BCUT2D eigenvalue weighted by atomic mass is 16.6. The van der Waals surface area contributed by atoms with Crippen molar-refractivity contribution in [1.29, 1.82) is 0 Å². The summed E-state index contributed by atoms with van der Waals surface area (Å²) >= 11 is 0. The summed E-state index contributed by atoms with van der Waals surface area (Å²) in [4.78, 5) is 24.7. The molecule has 0 amide bonds. The fourth-order valence-electron chi connectivity index (χ4n) is 4.51. The van der Waals surface area contributed by atoms with Crippen molar-refractivity contribution < 1.29 is 29.3 Å². The topological polar surface area (TPSA) is 93.1 Å². The first-order chi connectivity index (χ1) is 12.4. The van der Waals surface area contributed by atoms with E-state index in [1.54, 1.807) is 0 Å². The summed E-state index contributed by atoms with van der Waals surface area (Å²) in [5.74, 6) is -1.46. The van der Waals surface area contributed by atoms with E-state index in [4.69, 9.17) is 14.6 Å². The molecule has 6 heteroatoms. The van der Waals surface area contributed by atoms with E-state index >= 15 is 0 Å². The van der Waals surface area contributed by atoms with Crippen molar-refractivity contribution in [2.24, 2.45) is 17.8 Å². The molecule has 0 radical (unpaired) electrons. The van der Waals surface area contributed by atoms with E-state index in [1.807, 2.05) is 13.8 Å². The summed E-state index contributed by atoms with van der Waals surface area (Å²) in [6.45, 7) is 5.06. The first-order valence-electron chi connectivity index (χ1n) is 9.06. The molecule has 0 spiro atoms. The lowest BCUT2D eigenvalue weighted by Gasteiger charge is -2.29. The minimum Gasteiger partial charge on any atom is -0.461 e. The number of esters is 2. The molecule has 142 valence electrons. The number of allylic oxidation sites excluding steroid dienone is 1. The van der Waals surface area contributed by atoms with E-state index in [0.29, 0.717) is 6.42 Å². The molecule has 2 N–H and O–H groups in total. The molecule has 3 aliphatic rings. The molecule has 6 nitrogen and oxygen atoms in total. The molecule has 0 unspecified atom stereocenters. The van der Waals surface area contributed by atoms with Crippen LogP contribution >= 0.6 is 0 Å². The van der Waals surface area contributed by atoms with Crippen LogP contribution in [-0.4, -0.2) is 47.6 Å². The Hall–Kier alpha value is -1.92. The van der Waals surface area contributed by atoms with Gasteiger partial charge in [0.05, 0.1) is 24.7 Å². The second kappa shape index (κ2) is 7.37. The molecule has 26 heavy (non-hydrogen) atoms. The molecule has 1 saturated heterocycles. The van der Waals surface area contributed by atoms with Crippen molar-refractivity contribution in [3.8, 4) is 0 Å². The quantitative estimate of drug-likeness (QED) is 0.449. The number of aliphatic hydroxyl groups is 2. The van der Waals surface area contributed by atoms with Gasteiger partial charge in [0.1, 0.15) is 12.2 Å². The average Bonchev–Trinajstić information content (AvgIpc) is 3.08. The maximum atomic E-state index is 12.4.